The minimum atomic E-state index is 0.344. The summed E-state index contributed by atoms with van der Waals surface area (Å²) in [6.07, 6.45) is 1.02. The number of benzene rings is 1. The second-order valence-corrected chi connectivity index (χ2v) is 6.04. The Bertz CT molecular complexity index is 567. The van der Waals surface area contributed by atoms with Crippen LogP contribution in [0.25, 0.3) is 0 Å². The van der Waals surface area contributed by atoms with Crippen molar-refractivity contribution in [3.63, 3.8) is 0 Å². The van der Waals surface area contributed by atoms with Crippen LogP contribution in [0.3, 0.4) is 0 Å². The van der Waals surface area contributed by atoms with Gasteiger partial charge in [-0.15, -0.1) is 11.3 Å². The molecule has 3 nitrogen and oxygen atoms in total. The van der Waals surface area contributed by atoms with Crippen molar-refractivity contribution in [2.45, 2.75) is 39.8 Å². The first-order valence-electron chi connectivity index (χ1n) is 7.49. The molecule has 0 amide bonds. The van der Waals surface area contributed by atoms with Crippen molar-refractivity contribution < 1.29 is 4.74 Å². The van der Waals surface area contributed by atoms with Crippen LogP contribution in [0.2, 0.25) is 0 Å². The van der Waals surface area contributed by atoms with Gasteiger partial charge in [0.15, 0.2) is 0 Å². The Morgan fingerprint density at radius 1 is 1.33 bits per heavy atom. The quantitative estimate of drug-likeness (QED) is 0.762. The Morgan fingerprint density at radius 2 is 2.14 bits per heavy atom. The summed E-state index contributed by atoms with van der Waals surface area (Å²) in [6.45, 7) is 8.48. The number of ether oxygens (including phenoxy) is 1. The molecule has 1 unspecified atom stereocenters. The van der Waals surface area contributed by atoms with Crippen molar-refractivity contribution in [2.24, 2.45) is 0 Å². The summed E-state index contributed by atoms with van der Waals surface area (Å²) in [7, 11) is 1.71. The smallest absolute Gasteiger partial charge is 0.119 e. The van der Waals surface area contributed by atoms with E-state index in [9.17, 15) is 0 Å². The molecule has 0 fully saturated rings. The molecule has 0 saturated carbocycles. The third-order valence-corrected chi connectivity index (χ3v) is 4.84. The van der Waals surface area contributed by atoms with Gasteiger partial charge in [0.25, 0.3) is 0 Å². The maximum Gasteiger partial charge on any atom is 0.119 e. The van der Waals surface area contributed by atoms with Crippen molar-refractivity contribution in [3.8, 4) is 5.75 Å². The molecule has 1 heterocycles. The zero-order valence-electron chi connectivity index (χ0n) is 13.3. The minimum absolute atomic E-state index is 0.344. The fraction of sp³-hybridized carbons (Fsp3) is 0.471. The Morgan fingerprint density at radius 3 is 2.76 bits per heavy atom. The number of rotatable bonds is 7. The molecule has 2 aromatic rings. The van der Waals surface area contributed by atoms with Gasteiger partial charge in [-0.1, -0.05) is 26.0 Å². The van der Waals surface area contributed by atoms with E-state index in [1.807, 2.05) is 6.07 Å². The highest BCUT2D eigenvalue weighted by Gasteiger charge is 2.16. The van der Waals surface area contributed by atoms with Crippen LogP contribution in [-0.4, -0.2) is 23.5 Å². The first kappa shape index (κ1) is 16.0. The van der Waals surface area contributed by atoms with Crippen LogP contribution < -0.4 is 4.74 Å². The molecular formula is C17H24N2OS. The van der Waals surface area contributed by atoms with Gasteiger partial charge in [0.05, 0.1) is 17.8 Å². The summed E-state index contributed by atoms with van der Waals surface area (Å²) in [5.74, 6) is 0.914. The number of methoxy groups -OCH3 is 1. The van der Waals surface area contributed by atoms with Gasteiger partial charge in [-0.2, -0.15) is 0 Å². The van der Waals surface area contributed by atoms with E-state index in [-0.39, 0.29) is 0 Å². The molecule has 1 atom stereocenters. The van der Waals surface area contributed by atoms with Crippen LogP contribution in [0.4, 0.5) is 0 Å². The Labute approximate surface area is 131 Å². The number of thiazole rings is 1. The molecule has 0 radical (unpaired) electrons. The van der Waals surface area contributed by atoms with Crippen LogP contribution in [0.1, 0.15) is 43.1 Å². The lowest BCUT2D eigenvalue weighted by atomic mass is 10.1. The van der Waals surface area contributed by atoms with Crippen molar-refractivity contribution >= 4 is 11.3 Å². The predicted octanol–water partition coefficient (Wildman–Crippen LogP) is 4.30. The Kier molecular flexibility index (Phi) is 5.76. The van der Waals surface area contributed by atoms with Gasteiger partial charge < -0.3 is 4.74 Å². The fourth-order valence-corrected chi connectivity index (χ4v) is 3.16. The number of hydrogen-bond acceptors (Lipinski definition) is 4. The van der Waals surface area contributed by atoms with Gasteiger partial charge in [-0.3, -0.25) is 4.90 Å². The van der Waals surface area contributed by atoms with Crippen molar-refractivity contribution in [3.05, 3.63) is 45.9 Å². The second kappa shape index (κ2) is 7.57. The summed E-state index contributed by atoms with van der Waals surface area (Å²) >= 11 is 1.76. The molecule has 0 aliphatic heterocycles. The minimum Gasteiger partial charge on any atom is -0.497 e. The zero-order chi connectivity index (χ0) is 15.2. The molecule has 4 heteroatoms. The largest absolute Gasteiger partial charge is 0.497 e. The highest BCUT2D eigenvalue weighted by atomic mass is 32.1. The fourth-order valence-electron chi connectivity index (χ4n) is 2.43. The average molecular weight is 304 g/mol. The van der Waals surface area contributed by atoms with E-state index in [0.717, 1.165) is 25.3 Å². The zero-order valence-corrected chi connectivity index (χ0v) is 14.1. The lowest BCUT2D eigenvalue weighted by molar-refractivity contribution is 0.210. The van der Waals surface area contributed by atoms with Gasteiger partial charge in [0.1, 0.15) is 5.75 Å². The monoisotopic (exact) mass is 304 g/mol. The SMILES string of the molecule is CCc1nc(CN(CC)C(C)c2cccc(OC)c2)cs1. The number of aryl methyl sites for hydroxylation is 1. The number of hydrogen-bond donors (Lipinski definition) is 0. The van der Waals surface area contributed by atoms with Crippen LogP contribution in [-0.2, 0) is 13.0 Å². The summed E-state index contributed by atoms with van der Waals surface area (Å²) in [5.41, 5.74) is 2.45. The number of nitrogens with zero attached hydrogens (tertiary/aromatic N) is 2. The third-order valence-electron chi connectivity index (χ3n) is 3.80. The lowest BCUT2D eigenvalue weighted by Gasteiger charge is -2.27. The molecule has 21 heavy (non-hydrogen) atoms. The molecule has 0 bridgehead atoms. The van der Waals surface area contributed by atoms with Crippen LogP contribution in [0.15, 0.2) is 29.6 Å². The van der Waals surface area contributed by atoms with Crippen LogP contribution in [0, 0.1) is 0 Å². The highest BCUT2D eigenvalue weighted by Crippen LogP contribution is 2.25. The predicted molar refractivity (Wildman–Crippen MR) is 89.0 cm³/mol. The second-order valence-electron chi connectivity index (χ2n) is 5.10. The summed E-state index contributed by atoms with van der Waals surface area (Å²) < 4.78 is 5.33. The van der Waals surface area contributed by atoms with Gasteiger partial charge in [0, 0.05) is 18.0 Å². The first-order valence-corrected chi connectivity index (χ1v) is 8.37. The van der Waals surface area contributed by atoms with Crippen LogP contribution in [0.5, 0.6) is 5.75 Å². The van der Waals surface area contributed by atoms with Crippen molar-refractivity contribution in [1.29, 1.82) is 0 Å². The Hall–Kier alpha value is -1.39. The molecule has 114 valence electrons. The van der Waals surface area contributed by atoms with Gasteiger partial charge in [-0.05, 0) is 37.6 Å². The van der Waals surface area contributed by atoms with Gasteiger partial charge in [0.2, 0.25) is 0 Å². The van der Waals surface area contributed by atoms with Gasteiger partial charge >= 0.3 is 0 Å². The molecule has 0 spiro atoms. The first-order chi connectivity index (χ1) is 10.2. The summed E-state index contributed by atoms with van der Waals surface area (Å²) in [4.78, 5) is 7.11. The molecule has 0 aliphatic carbocycles. The summed E-state index contributed by atoms with van der Waals surface area (Å²) in [5, 5.41) is 3.40. The topological polar surface area (TPSA) is 25.4 Å². The van der Waals surface area contributed by atoms with Crippen molar-refractivity contribution in [2.75, 3.05) is 13.7 Å². The maximum atomic E-state index is 5.33. The van der Waals surface area contributed by atoms with E-state index in [1.165, 1.54) is 16.3 Å². The van der Waals surface area contributed by atoms with Crippen molar-refractivity contribution in [1.82, 2.24) is 9.88 Å². The average Bonchev–Trinajstić information content (AvgIpc) is 2.99. The van der Waals surface area contributed by atoms with E-state index < -0.39 is 0 Å². The number of aromatic nitrogens is 1. The van der Waals surface area contributed by atoms with Gasteiger partial charge in [-0.25, -0.2) is 4.98 Å². The molecular weight excluding hydrogens is 280 g/mol. The lowest BCUT2D eigenvalue weighted by Crippen LogP contribution is -2.26. The molecule has 0 saturated heterocycles. The van der Waals surface area contributed by atoms with E-state index in [4.69, 9.17) is 4.74 Å². The van der Waals surface area contributed by atoms with E-state index in [2.05, 4.69) is 54.2 Å². The molecule has 1 aromatic heterocycles. The molecule has 1 aromatic carbocycles. The normalized spacial score (nSPS) is 12.6. The maximum absolute atomic E-state index is 5.33. The molecule has 0 N–H and O–H groups in total. The third kappa shape index (κ3) is 4.05. The summed E-state index contributed by atoms with van der Waals surface area (Å²) in [6, 6.07) is 8.66. The molecule has 2 rings (SSSR count). The highest BCUT2D eigenvalue weighted by molar-refractivity contribution is 7.09. The molecule has 0 aliphatic rings. The van der Waals surface area contributed by atoms with E-state index >= 15 is 0 Å². The Balaban J connectivity index is 2.11. The van der Waals surface area contributed by atoms with Crippen LogP contribution >= 0.6 is 11.3 Å². The standard InChI is InChI=1S/C17H24N2OS/c1-5-17-18-15(12-21-17)11-19(6-2)13(3)14-8-7-9-16(10-14)20-4/h7-10,12-13H,5-6,11H2,1-4H3. The van der Waals surface area contributed by atoms with E-state index in [0.29, 0.717) is 6.04 Å². The van der Waals surface area contributed by atoms with E-state index in [1.54, 1.807) is 18.4 Å².